The Labute approximate surface area is 143 Å². The molecular weight excluding hydrogens is 320 g/mol. The quantitative estimate of drug-likeness (QED) is 0.435. The molecule has 0 aliphatic heterocycles. The average molecular weight is 334 g/mol. The van der Waals surface area contributed by atoms with Crippen molar-refractivity contribution in [3.63, 3.8) is 0 Å². The zero-order chi connectivity index (χ0) is 14.2. The van der Waals surface area contributed by atoms with Crippen molar-refractivity contribution < 1.29 is 21.9 Å². The fraction of sp³-hybridized carbons (Fsp3) is 0.0556. The van der Waals surface area contributed by atoms with Crippen molar-refractivity contribution in [3.8, 4) is 11.8 Å². The smallest absolute Gasteiger partial charge is 0.294 e. The van der Waals surface area contributed by atoms with Crippen molar-refractivity contribution in [2.24, 2.45) is 0 Å². The second kappa shape index (κ2) is 10.2. The van der Waals surface area contributed by atoms with Gasteiger partial charge in [-0.3, -0.25) is 4.79 Å². The summed E-state index contributed by atoms with van der Waals surface area (Å²) in [6, 6.07) is 3.71. The van der Waals surface area contributed by atoms with Gasteiger partial charge in [0.2, 0.25) is 0 Å². The molecule has 1 nitrogen and oxygen atoms in total. The van der Waals surface area contributed by atoms with Gasteiger partial charge in [-0.2, -0.15) is 0 Å². The SMILES string of the molecule is CC(=O)c1ccc(C#C[C]2[CH][CH][CH][CH]2)s1.[CH]1[CH][CH][CH][CH]1.[Fe+2]. The molecule has 1 aromatic rings. The van der Waals surface area contributed by atoms with Crippen LogP contribution in [0.25, 0.3) is 0 Å². The predicted octanol–water partition coefficient (Wildman–Crippen LogP) is 3.73. The summed E-state index contributed by atoms with van der Waals surface area (Å²) in [6.07, 6.45) is 17.8. The molecule has 10 radical (unpaired) electrons. The van der Waals surface area contributed by atoms with Crippen LogP contribution >= 0.6 is 11.3 Å². The van der Waals surface area contributed by atoms with Gasteiger partial charge in [-0.15, -0.1) is 11.3 Å². The molecule has 104 valence electrons. The summed E-state index contributed by atoms with van der Waals surface area (Å²) in [5.41, 5.74) is 0. The van der Waals surface area contributed by atoms with Crippen LogP contribution in [0.2, 0.25) is 0 Å². The predicted molar refractivity (Wildman–Crippen MR) is 83.1 cm³/mol. The van der Waals surface area contributed by atoms with Crippen molar-refractivity contribution in [3.05, 3.63) is 85.6 Å². The van der Waals surface area contributed by atoms with E-state index < -0.39 is 0 Å². The summed E-state index contributed by atoms with van der Waals surface area (Å²) < 4.78 is 0. The van der Waals surface area contributed by atoms with Gasteiger partial charge >= 0.3 is 17.1 Å². The van der Waals surface area contributed by atoms with E-state index in [9.17, 15) is 4.79 Å². The molecule has 1 heterocycles. The molecule has 3 rings (SSSR count). The van der Waals surface area contributed by atoms with Gasteiger partial charge < -0.3 is 0 Å². The number of hydrogen-bond acceptors (Lipinski definition) is 2. The van der Waals surface area contributed by atoms with E-state index in [0.29, 0.717) is 0 Å². The zero-order valence-electron chi connectivity index (χ0n) is 11.5. The van der Waals surface area contributed by atoms with Gasteiger partial charge in [0.25, 0.3) is 0 Å². The van der Waals surface area contributed by atoms with Gasteiger partial charge in [0.05, 0.1) is 15.7 Å². The first-order valence-corrected chi connectivity index (χ1v) is 7.08. The van der Waals surface area contributed by atoms with Crippen LogP contribution in [-0.4, -0.2) is 5.78 Å². The summed E-state index contributed by atoms with van der Waals surface area (Å²) >= 11 is 1.44. The van der Waals surface area contributed by atoms with Crippen LogP contribution in [0, 0.1) is 75.5 Å². The minimum Gasteiger partial charge on any atom is -0.294 e. The first-order chi connectivity index (χ1) is 9.75. The largest absolute Gasteiger partial charge is 2.00 e. The molecule has 0 aromatic carbocycles. The van der Waals surface area contributed by atoms with E-state index in [-0.39, 0.29) is 22.9 Å². The van der Waals surface area contributed by atoms with E-state index in [1.54, 1.807) is 6.92 Å². The Morgan fingerprint density at radius 2 is 1.48 bits per heavy atom. The summed E-state index contributed by atoms with van der Waals surface area (Å²) in [5, 5.41) is 0. The first-order valence-electron chi connectivity index (χ1n) is 6.27. The number of hydrogen-bond donors (Lipinski definition) is 0. The second-order valence-corrected chi connectivity index (χ2v) is 5.19. The summed E-state index contributed by atoms with van der Waals surface area (Å²) in [5.74, 6) is 7.19. The van der Waals surface area contributed by atoms with Crippen molar-refractivity contribution in [2.45, 2.75) is 6.92 Å². The molecule has 2 saturated carbocycles. The Morgan fingerprint density at radius 3 is 1.95 bits per heavy atom. The van der Waals surface area contributed by atoms with Crippen molar-refractivity contribution >= 4 is 17.1 Å². The van der Waals surface area contributed by atoms with Gasteiger partial charge in [0, 0.05) is 0 Å². The molecule has 0 bridgehead atoms. The molecule has 0 unspecified atom stereocenters. The van der Waals surface area contributed by atoms with E-state index in [0.717, 1.165) is 15.7 Å². The standard InChI is InChI=1S/C13H9OS.C5H5.Fe/c1-10(14)13-9-8-12(15-13)7-6-11-4-2-3-5-11;1-2-4-5-3-1;/h2-5,8-9H,1H3;1-5H;/q;;+2. The molecule has 3 heteroatoms. The van der Waals surface area contributed by atoms with E-state index in [2.05, 4.69) is 11.8 Å². The number of rotatable bonds is 1. The Bertz CT molecular complexity index is 477. The third-order valence-electron chi connectivity index (χ3n) is 2.50. The van der Waals surface area contributed by atoms with Gasteiger partial charge in [-0.1, -0.05) is 11.8 Å². The van der Waals surface area contributed by atoms with E-state index in [1.165, 1.54) is 11.3 Å². The molecule has 2 fully saturated rings. The molecule has 1 aromatic heterocycles. The van der Waals surface area contributed by atoms with Crippen LogP contribution in [0.3, 0.4) is 0 Å². The van der Waals surface area contributed by atoms with Crippen LogP contribution < -0.4 is 0 Å². The van der Waals surface area contributed by atoms with E-state index >= 15 is 0 Å². The number of carbonyl (C=O) groups excluding carboxylic acids is 1. The topological polar surface area (TPSA) is 17.1 Å². The Balaban J connectivity index is 0.000000313. The van der Waals surface area contributed by atoms with Gasteiger partial charge in [0.1, 0.15) is 0 Å². The molecule has 0 spiro atoms. The number of carbonyl (C=O) groups is 1. The molecule has 0 N–H and O–H groups in total. The van der Waals surface area contributed by atoms with E-state index in [1.807, 2.05) is 69.9 Å². The minimum atomic E-state index is 0. The van der Waals surface area contributed by atoms with Crippen molar-refractivity contribution in [1.29, 1.82) is 0 Å². The minimum absolute atomic E-state index is 0. The average Bonchev–Trinajstić information content (AvgIpc) is 3.19. The third kappa shape index (κ3) is 6.83. The summed E-state index contributed by atoms with van der Waals surface area (Å²) in [7, 11) is 0. The maximum Gasteiger partial charge on any atom is 2.00 e. The van der Waals surface area contributed by atoms with Gasteiger partial charge in [-0.25, -0.2) is 0 Å². The maximum absolute atomic E-state index is 11.1. The van der Waals surface area contributed by atoms with Crippen LogP contribution in [0.15, 0.2) is 12.1 Å². The number of thiophene rings is 1. The summed E-state index contributed by atoms with van der Waals surface area (Å²) in [6.45, 7) is 1.57. The van der Waals surface area contributed by atoms with Gasteiger partial charge in [0.15, 0.2) is 5.78 Å². The third-order valence-corrected chi connectivity index (χ3v) is 3.60. The van der Waals surface area contributed by atoms with Crippen LogP contribution in [-0.2, 0) is 17.1 Å². The van der Waals surface area contributed by atoms with Crippen molar-refractivity contribution in [1.82, 2.24) is 0 Å². The molecule has 0 atom stereocenters. The normalized spacial score (nSPS) is 17.2. The first kappa shape index (κ1) is 18.5. The molecule has 2 aliphatic carbocycles. The summed E-state index contributed by atoms with van der Waals surface area (Å²) in [4.78, 5) is 12.8. The zero-order valence-corrected chi connectivity index (χ0v) is 13.4. The Morgan fingerprint density at radius 1 is 0.905 bits per heavy atom. The molecular formula is C18H14FeOS+2. The van der Waals surface area contributed by atoms with Crippen LogP contribution in [0.1, 0.15) is 21.5 Å². The van der Waals surface area contributed by atoms with E-state index in [4.69, 9.17) is 0 Å². The van der Waals surface area contributed by atoms with Crippen LogP contribution in [0.4, 0.5) is 0 Å². The Hall–Kier alpha value is -0.551. The fourth-order valence-corrected chi connectivity index (χ4v) is 2.26. The maximum atomic E-state index is 11.1. The fourth-order valence-electron chi connectivity index (χ4n) is 1.51. The second-order valence-electron chi connectivity index (χ2n) is 4.11. The number of Topliss-reactive ketones (excluding diaryl/α,β-unsaturated/α-hetero) is 1. The number of ketones is 1. The molecule has 2 aliphatic rings. The molecule has 0 saturated heterocycles. The van der Waals surface area contributed by atoms with Gasteiger partial charge in [-0.05, 0) is 76.8 Å². The molecule has 0 amide bonds. The monoisotopic (exact) mass is 334 g/mol. The molecule has 21 heavy (non-hydrogen) atoms. The Kier molecular flexibility index (Phi) is 9.00. The van der Waals surface area contributed by atoms with Crippen molar-refractivity contribution in [2.75, 3.05) is 0 Å². The van der Waals surface area contributed by atoms with Crippen LogP contribution in [0.5, 0.6) is 0 Å².